The molecule has 0 spiro atoms. The van der Waals surface area contributed by atoms with Crippen molar-refractivity contribution in [3.05, 3.63) is 239 Å². The number of nitrogens with one attached hydrogen (secondary N) is 5. The molecule has 0 saturated carbocycles. The number of halogens is 8. The number of benzene rings is 4. The number of fused-ring (bicyclic) bond motifs is 28. The molecule has 38 heteroatoms. The molecular formula is C97H103F8N13O13S4. The molecule has 5 unspecified atom stereocenters. The fourth-order valence-electron chi connectivity index (χ4n) is 14.8. The fourth-order valence-corrected chi connectivity index (χ4v) is 17.7. The van der Waals surface area contributed by atoms with Gasteiger partial charge in [-0.05, 0) is 259 Å². The first-order valence-electron chi connectivity index (χ1n) is 43.7. The molecule has 0 aliphatic carbocycles. The predicted molar refractivity (Wildman–Crippen MR) is 506 cm³/mol. The number of thioether (sulfide) groups is 1. The van der Waals surface area contributed by atoms with E-state index in [9.17, 15) is 56.2 Å². The van der Waals surface area contributed by atoms with E-state index in [2.05, 4.69) is 61.1 Å². The second-order valence-electron chi connectivity index (χ2n) is 33.2. The van der Waals surface area contributed by atoms with Crippen LogP contribution in [0.15, 0.2) is 170 Å². The molecule has 12 heterocycles. The fraction of sp³-hybridized carbons (Fsp3) is 0.340. The van der Waals surface area contributed by atoms with Crippen LogP contribution in [0.4, 0.5) is 81.7 Å². The van der Waals surface area contributed by atoms with Gasteiger partial charge < -0.3 is 59.2 Å². The molecule has 16 rings (SSSR count). The van der Waals surface area contributed by atoms with Gasteiger partial charge in [0, 0.05) is 80.8 Å². The summed E-state index contributed by atoms with van der Waals surface area (Å²) in [5, 5.41) is 12.2. The minimum Gasteiger partial charge on any atom is -0.490 e. The van der Waals surface area contributed by atoms with Crippen LogP contribution in [0.2, 0.25) is 0 Å². The molecule has 5 atom stereocenters. The lowest BCUT2D eigenvalue weighted by molar-refractivity contribution is 0.186. The molecule has 4 aliphatic rings. The molecular weight excluding hydrogens is 1840 g/mol. The zero-order chi connectivity index (χ0) is 96.1. The van der Waals surface area contributed by atoms with Gasteiger partial charge in [0.25, 0.3) is 0 Å². The van der Waals surface area contributed by atoms with Crippen LogP contribution in [0.3, 0.4) is 0 Å². The first-order valence-corrected chi connectivity index (χ1v) is 51.3. The van der Waals surface area contributed by atoms with Gasteiger partial charge in [0.1, 0.15) is 69.8 Å². The quantitative estimate of drug-likeness (QED) is 0.0882. The summed E-state index contributed by atoms with van der Waals surface area (Å²) in [4.78, 5) is 34.3. The largest absolute Gasteiger partial charge is 0.490 e. The second kappa shape index (κ2) is 46.0. The Bertz CT molecular complexity index is 6570. The normalized spacial score (nSPS) is 16.9. The monoisotopic (exact) mass is 1940 g/mol. The summed E-state index contributed by atoms with van der Waals surface area (Å²) in [7, 11) is -9.39. The minimum absolute atomic E-state index is 0.000596. The second-order valence-corrected chi connectivity index (χ2v) is 40.7. The molecule has 4 aliphatic heterocycles. The SMILES string of the molecule is CC1CCCCCOc2cc(ccc2F)-c2cc(ncc2F)Nc2cc(CS(C)(=N)=O)cc(n2)O1.CC1CCCCOc2cc(ccc2F)-c2cc(ncc2F)Nc2cc(CS(C)(=O)=O)cc(n2)O1.CC1CCCOc2cc(ccc2F)-c2cc(ncc2F)Nc2cc(CS(C)(=O)=O)cc(n2)O1.CSCc1cc2nc(c1)OC(C)CCCCCOc1cc(ccc1F)-c1cc(ncc1F)N2. The van der Waals surface area contributed by atoms with Crippen molar-refractivity contribution in [3.8, 4) is 91.0 Å². The minimum atomic E-state index is -3.30. The Balaban J connectivity index is 0.000000152. The summed E-state index contributed by atoms with van der Waals surface area (Å²) >= 11 is 1.71. The maximum Gasteiger partial charge on any atom is 0.215 e. The Hall–Kier alpha value is -12.7. The van der Waals surface area contributed by atoms with Crippen LogP contribution in [0.5, 0.6) is 46.5 Å². The van der Waals surface area contributed by atoms with Crippen LogP contribution in [-0.2, 0) is 52.4 Å². The van der Waals surface area contributed by atoms with Gasteiger partial charge >= 0.3 is 0 Å². The van der Waals surface area contributed by atoms with Crippen molar-refractivity contribution in [3.63, 3.8) is 0 Å². The number of pyridine rings is 8. The smallest absolute Gasteiger partial charge is 0.215 e. The molecule has 24 bridgehead atoms. The number of rotatable bonds is 8. The van der Waals surface area contributed by atoms with E-state index in [1.165, 1.54) is 97.3 Å². The molecule has 12 aromatic rings. The number of ether oxygens (including phenoxy) is 8. The van der Waals surface area contributed by atoms with Crippen LogP contribution < -0.4 is 59.2 Å². The molecule has 0 radical (unpaired) electrons. The van der Waals surface area contributed by atoms with E-state index in [4.69, 9.17) is 42.7 Å². The lowest BCUT2D eigenvalue weighted by Crippen LogP contribution is -2.15. The molecule has 4 aromatic carbocycles. The molecule has 0 amide bonds. The third-order valence-corrected chi connectivity index (χ3v) is 24.3. The Kier molecular flexibility index (Phi) is 34.0. The number of anilines is 8. The predicted octanol–water partition coefficient (Wildman–Crippen LogP) is 22.5. The van der Waals surface area contributed by atoms with Crippen LogP contribution in [0, 0.1) is 51.3 Å². The Morgan fingerprint density at radius 3 is 0.874 bits per heavy atom. The first-order chi connectivity index (χ1) is 64.5. The van der Waals surface area contributed by atoms with Crippen LogP contribution in [0.25, 0.3) is 44.5 Å². The summed E-state index contributed by atoms with van der Waals surface area (Å²) in [6.45, 7) is 9.00. The van der Waals surface area contributed by atoms with Gasteiger partial charge in [0.15, 0.2) is 65.9 Å². The average molecular weight is 1940 g/mol. The maximum atomic E-state index is 14.7. The molecule has 8 aromatic heterocycles. The van der Waals surface area contributed by atoms with E-state index in [-0.39, 0.29) is 111 Å². The Morgan fingerprint density at radius 1 is 0.326 bits per heavy atom. The van der Waals surface area contributed by atoms with Gasteiger partial charge in [0.05, 0.1) is 92.9 Å². The standard InChI is InChI=1S/C25H28F2N4O3S.C25H27F2N3O2S.C24H25F2N3O4S.C23H23F2N3O4S/c1-16-6-4-3-5-9-33-22-12-18(7-8-20(22)26)19-13-23(29-14-21(19)27)30-24-10-17(15-35(2,28)32)11-25(31-24)34-16;1-16-6-4-3-5-9-31-22-12-18(7-8-20(22)26)19-13-23(28-14-21(19)27)29-24-10-17(15-33-2)11-25(30-24)32-16;1-15-5-3-4-8-32-21-11-17(6-7-19(21)25)18-12-22(27-13-20(18)26)28-23-9-16(14-34(2,30)31)10-24(29-23)33-15;1-14-4-3-7-31-20-10-16(5-6-18(20)24)17-11-21(26-12-19(17)25)27-22-8-15(13-33(2,29)30)9-23(28-22)32-14/h7-8,10-14,16,28H,3-6,9,15H2,1-2H3,(H,29,30,31);7-8,10-14,16H,3-6,9,15H2,1-2H3,(H,28,29,30);6-7,9-13,15H,3-5,8,14H2,1-2H3,(H,27,28,29);5-6,8-12,14H,3-4,7,13H2,1-2H3,(H,26,27,28). The average Bonchev–Trinajstić information content (AvgIpc) is 1.43. The summed E-state index contributed by atoms with van der Waals surface area (Å²) in [5.74, 6) is 0.698. The van der Waals surface area contributed by atoms with Crippen molar-refractivity contribution >= 4 is 87.7 Å². The summed E-state index contributed by atoms with van der Waals surface area (Å²) < 4.78 is 229. The van der Waals surface area contributed by atoms with Crippen LogP contribution in [0.1, 0.15) is 133 Å². The third-order valence-electron chi connectivity index (χ3n) is 21.1. The molecule has 5 N–H and O–H groups in total. The molecule has 26 nitrogen and oxygen atoms in total. The zero-order valence-electron chi connectivity index (χ0n) is 75.4. The number of aromatic nitrogens is 8. The van der Waals surface area contributed by atoms with Crippen molar-refractivity contribution in [1.82, 2.24) is 39.9 Å². The van der Waals surface area contributed by atoms with Crippen molar-refractivity contribution < 1.29 is 94.1 Å². The molecule has 714 valence electrons. The van der Waals surface area contributed by atoms with Gasteiger partial charge in [-0.1, -0.05) is 24.3 Å². The van der Waals surface area contributed by atoms with E-state index in [0.29, 0.717) is 137 Å². The highest BCUT2D eigenvalue weighted by molar-refractivity contribution is 7.97. The van der Waals surface area contributed by atoms with Gasteiger partial charge in [-0.25, -0.2) is 76.1 Å². The lowest BCUT2D eigenvalue weighted by Gasteiger charge is -2.17. The van der Waals surface area contributed by atoms with Crippen molar-refractivity contribution in [2.75, 3.05) is 72.7 Å². The summed E-state index contributed by atoms with van der Waals surface area (Å²) in [6, 6.07) is 36.5. The highest BCUT2D eigenvalue weighted by atomic mass is 32.2. The Morgan fingerprint density at radius 2 is 0.585 bits per heavy atom. The van der Waals surface area contributed by atoms with Crippen molar-refractivity contribution in [1.29, 1.82) is 4.78 Å². The number of nitrogens with zero attached hydrogens (tertiary/aromatic N) is 8. The van der Waals surface area contributed by atoms with E-state index < -0.39 is 75.9 Å². The number of sulfone groups is 2. The van der Waals surface area contributed by atoms with Crippen LogP contribution >= 0.6 is 11.8 Å². The third kappa shape index (κ3) is 30.4. The molecule has 135 heavy (non-hydrogen) atoms. The van der Waals surface area contributed by atoms with Gasteiger partial charge in [-0.15, -0.1) is 0 Å². The topological polar surface area (TPSA) is 334 Å². The van der Waals surface area contributed by atoms with Crippen molar-refractivity contribution in [2.24, 2.45) is 0 Å². The highest BCUT2D eigenvalue weighted by Crippen LogP contribution is 2.39. The van der Waals surface area contributed by atoms with E-state index in [1.54, 1.807) is 54.2 Å². The van der Waals surface area contributed by atoms with Crippen molar-refractivity contribution in [2.45, 2.75) is 159 Å². The Labute approximate surface area is 783 Å². The van der Waals surface area contributed by atoms with Crippen LogP contribution in [-0.4, -0.2) is 137 Å². The van der Waals surface area contributed by atoms with E-state index in [1.807, 2.05) is 46.1 Å². The number of hydrogen-bond donors (Lipinski definition) is 5. The van der Waals surface area contributed by atoms with Gasteiger partial charge in [-0.3, -0.25) is 4.78 Å². The summed E-state index contributed by atoms with van der Waals surface area (Å²) in [5.41, 5.74) is 5.42. The number of hydrogen-bond acceptors (Lipinski definition) is 27. The zero-order valence-corrected chi connectivity index (χ0v) is 78.6. The van der Waals surface area contributed by atoms with Gasteiger partial charge in [-0.2, -0.15) is 31.7 Å². The lowest BCUT2D eigenvalue weighted by atomic mass is 10.1. The first kappa shape index (κ1) is 99.8. The maximum absolute atomic E-state index is 14.7. The van der Waals surface area contributed by atoms with Gasteiger partial charge in [0.2, 0.25) is 23.5 Å². The molecule has 0 fully saturated rings. The van der Waals surface area contributed by atoms with E-state index in [0.717, 1.165) is 106 Å². The molecule has 0 saturated heterocycles. The summed E-state index contributed by atoms with van der Waals surface area (Å²) in [6.07, 6.45) is 19.6. The highest BCUT2D eigenvalue weighted by Gasteiger charge is 2.24. The van der Waals surface area contributed by atoms with E-state index >= 15 is 0 Å².